The molecular formula is C13H9Cl3O. The summed E-state index contributed by atoms with van der Waals surface area (Å²) in [5.41, 5.74) is 1.60. The molecule has 0 saturated heterocycles. The molecule has 1 nitrogen and oxygen atoms in total. The number of benzene rings is 2. The van der Waals surface area contributed by atoms with Crippen LogP contribution in [0.5, 0.6) is 5.75 Å². The van der Waals surface area contributed by atoms with E-state index >= 15 is 0 Å². The summed E-state index contributed by atoms with van der Waals surface area (Å²) in [5.74, 6) is 0.723. The van der Waals surface area contributed by atoms with Crippen LogP contribution in [0.3, 0.4) is 0 Å². The van der Waals surface area contributed by atoms with Gasteiger partial charge in [0.05, 0.1) is 17.2 Å². The van der Waals surface area contributed by atoms with Gasteiger partial charge in [-0.05, 0) is 24.3 Å². The molecule has 2 aromatic rings. The average Bonchev–Trinajstić information content (AvgIpc) is 2.34. The van der Waals surface area contributed by atoms with Crippen molar-refractivity contribution < 1.29 is 4.74 Å². The summed E-state index contributed by atoms with van der Waals surface area (Å²) in [7, 11) is 1.60. The van der Waals surface area contributed by atoms with Gasteiger partial charge in [0, 0.05) is 16.1 Å². The first kappa shape index (κ1) is 12.6. The predicted octanol–water partition coefficient (Wildman–Crippen LogP) is 5.32. The third-order valence-electron chi connectivity index (χ3n) is 2.42. The van der Waals surface area contributed by atoms with Crippen LogP contribution in [0.1, 0.15) is 0 Å². The van der Waals surface area contributed by atoms with E-state index in [0.29, 0.717) is 15.1 Å². The topological polar surface area (TPSA) is 9.23 Å². The minimum absolute atomic E-state index is 0.490. The van der Waals surface area contributed by atoms with Crippen LogP contribution < -0.4 is 4.74 Å². The van der Waals surface area contributed by atoms with E-state index in [1.165, 1.54) is 0 Å². The van der Waals surface area contributed by atoms with Gasteiger partial charge in [-0.1, -0.05) is 46.9 Å². The summed E-state index contributed by atoms with van der Waals surface area (Å²) in [5, 5.41) is 1.60. The summed E-state index contributed by atoms with van der Waals surface area (Å²) in [4.78, 5) is 0. The third kappa shape index (κ3) is 2.52. The van der Waals surface area contributed by atoms with Crippen molar-refractivity contribution in [2.75, 3.05) is 7.11 Å². The molecule has 0 N–H and O–H groups in total. The van der Waals surface area contributed by atoms with Gasteiger partial charge >= 0.3 is 0 Å². The van der Waals surface area contributed by atoms with E-state index in [0.717, 1.165) is 16.9 Å². The second kappa shape index (κ2) is 5.18. The molecule has 0 bridgehead atoms. The van der Waals surface area contributed by atoms with Crippen LogP contribution in [0.2, 0.25) is 15.1 Å². The van der Waals surface area contributed by atoms with Crippen LogP contribution >= 0.6 is 34.8 Å². The summed E-state index contributed by atoms with van der Waals surface area (Å²) in [6.07, 6.45) is 0. The fraction of sp³-hybridized carbons (Fsp3) is 0.0769. The molecule has 4 heteroatoms. The molecule has 0 aliphatic rings. The molecule has 0 spiro atoms. The molecule has 0 aliphatic carbocycles. The van der Waals surface area contributed by atoms with Crippen LogP contribution in [0.4, 0.5) is 0 Å². The van der Waals surface area contributed by atoms with Crippen molar-refractivity contribution in [3.05, 3.63) is 51.5 Å². The minimum Gasteiger partial charge on any atom is -0.497 e. The van der Waals surface area contributed by atoms with Crippen LogP contribution in [-0.2, 0) is 0 Å². The van der Waals surface area contributed by atoms with Gasteiger partial charge in [0.15, 0.2) is 0 Å². The van der Waals surface area contributed by atoms with Gasteiger partial charge < -0.3 is 4.74 Å². The first-order chi connectivity index (χ1) is 8.13. The lowest BCUT2D eigenvalue weighted by atomic mass is 10.1. The molecule has 2 rings (SSSR count). The van der Waals surface area contributed by atoms with Gasteiger partial charge in [-0.2, -0.15) is 0 Å². The van der Waals surface area contributed by atoms with Crippen LogP contribution in [0.15, 0.2) is 36.4 Å². The van der Waals surface area contributed by atoms with Gasteiger partial charge in [0.25, 0.3) is 0 Å². The lowest BCUT2D eigenvalue weighted by Gasteiger charge is -2.09. The van der Waals surface area contributed by atoms with E-state index in [1.54, 1.807) is 25.3 Å². The largest absolute Gasteiger partial charge is 0.497 e. The molecule has 88 valence electrons. The van der Waals surface area contributed by atoms with E-state index in [1.807, 2.05) is 18.2 Å². The van der Waals surface area contributed by atoms with Crippen molar-refractivity contribution in [2.45, 2.75) is 0 Å². The van der Waals surface area contributed by atoms with E-state index in [-0.39, 0.29) is 0 Å². The van der Waals surface area contributed by atoms with Crippen molar-refractivity contribution in [1.82, 2.24) is 0 Å². The Morgan fingerprint density at radius 1 is 0.882 bits per heavy atom. The Morgan fingerprint density at radius 2 is 1.65 bits per heavy atom. The monoisotopic (exact) mass is 286 g/mol. The highest BCUT2D eigenvalue weighted by atomic mass is 35.5. The summed E-state index contributed by atoms with van der Waals surface area (Å²) in [6, 6.07) is 10.8. The molecule has 0 aromatic heterocycles. The molecule has 0 aliphatic heterocycles. The first-order valence-corrected chi connectivity index (χ1v) is 6.05. The van der Waals surface area contributed by atoms with Crippen molar-refractivity contribution in [3.8, 4) is 16.9 Å². The van der Waals surface area contributed by atoms with Gasteiger partial charge in [-0.3, -0.25) is 0 Å². The summed E-state index contributed by atoms with van der Waals surface area (Å²) in [6.45, 7) is 0. The van der Waals surface area contributed by atoms with Gasteiger partial charge in [0.2, 0.25) is 0 Å². The van der Waals surface area contributed by atoms with Crippen molar-refractivity contribution in [2.24, 2.45) is 0 Å². The van der Waals surface area contributed by atoms with E-state index in [4.69, 9.17) is 39.5 Å². The van der Waals surface area contributed by atoms with Crippen molar-refractivity contribution >= 4 is 34.8 Å². The minimum atomic E-state index is 0.490. The Kier molecular flexibility index (Phi) is 3.82. The summed E-state index contributed by atoms with van der Waals surface area (Å²) < 4.78 is 5.17. The first-order valence-electron chi connectivity index (χ1n) is 4.91. The number of methoxy groups -OCH3 is 1. The zero-order valence-electron chi connectivity index (χ0n) is 9.01. The standard InChI is InChI=1S/C13H9Cl3O/c1-17-8-5-6-11(14)10(7-8)9-3-2-4-12(15)13(9)16/h2-7H,1H3. The normalized spacial score (nSPS) is 10.4. The third-order valence-corrected chi connectivity index (χ3v) is 3.56. The van der Waals surface area contributed by atoms with E-state index in [2.05, 4.69) is 0 Å². The van der Waals surface area contributed by atoms with Crippen molar-refractivity contribution in [3.63, 3.8) is 0 Å². The number of ether oxygens (including phenoxy) is 1. The van der Waals surface area contributed by atoms with Gasteiger partial charge in [-0.25, -0.2) is 0 Å². The maximum Gasteiger partial charge on any atom is 0.119 e. The zero-order chi connectivity index (χ0) is 12.4. The Morgan fingerprint density at radius 3 is 2.35 bits per heavy atom. The second-order valence-corrected chi connectivity index (χ2v) is 4.64. The highest BCUT2D eigenvalue weighted by molar-refractivity contribution is 6.44. The van der Waals surface area contributed by atoms with Gasteiger partial charge in [0.1, 0.15) is 5.75 Å². The Hall–Kier alpha value is -0.890. The van der Waals surface area contributed by atoms with Crippen molar-refractivity contribution in [1.29, 1.82) is 0 Å². The van der Waals surface area contributed by atoms with Crippen LogP contribution in [0, 0.1) is 0 Å². The Labute approximate surface area is 115 Å². The predicted molar refractivity (Wildman–Crippen MR) is 73.5 cm³/mol. The molecular weight excluding hydrogens is 279 g/mol. The number of hydrogen-bond donors (Lipinski definition) is 0. The number of rotatable bonds is 2. The maximum atomic E-state index is 6.16. The Balaban J connectivity index is 2.63. The highest BCUT2D eigenvalue weighted by Crippen LogP contribution is 2.38. The Bertz CT molecular complexity index is 552. The molecule has 17 heavy (non-hydrogen) atoms. The molecule has 2 aromatic carbocycles. The van der Waals surface area contributed by atoms with E-state index < -0.39 is 0 Å². The number of hydrogen-bond acceptors (Lipinski definition) is 1. The van der Waals surface area contributed by atoms with Gasteiger partial charge in [-0.15, -0.1) is 0 Å². The highest BCUT2D eigenvalue weighted by Gasteiger charge is 2.11. The smallest absolute Gasteiger partial charge is 0.119 e. The fourth-order valence-electron chi connectivity index (χ4n) is 1.55. The molecule has 0 heterocycles. The zero-order valence-corrected chi connectivity index (χ0v) is 11.3. The van der Waals surface area contributed by atoms with Crippen LogP contribution in [-0.4, -0.2) is 7.11 Å². The maximum absolute atomic E-state index is 6.16. The lowest BCUT2D eigenvalue weighted by molar-refractivity contribution is 0.415. The lowest BCUT2D eigenvalue weighted by Crippen LogP contribution is -1.86. The summed E-state index contributed by atoms with van der Waals surface area (Å²) >= 11 is 18.3. The van der Waals surface area contributed by atoms with E-state index in [9.17, 15) is 0 Å². The fourth-order valence-corrected chi connectivity index (χ4v) is 2.17. The molecule has 0 radical (unpaired) electrons. The molecule has 0 amide bonds. The van der Waals surface area contributed by atoms with Crippen LogP contribution in [0.25, 0.3) is 11.1 Å². The second-order valence-electron chi connectivity index (χ2n) is 3.45. The molecule has 0 unspecified atom stereocenters. The SMILES string of the molecule is COc1ccc(Cl)c(-c2cccc(Cl)c2Cl)c1. The number of halogens is 3. The average molecular weight is 288 g/mol. The quantitative estimate of drug-likeness (QED) is 0.726. The molecule has 0 saturated carbocycles. The molecule has 0 fully saturated rings. The molecule has 0 atom stereocenters.